The fraction of sp³-hybridized carbons (Fsp3) is 0.0476. The molecule has 0 bridgehead atoms. The van der Waals surface area contributed by atoms with Crippen molar-refractivity contribution in [2.24, 2.45) is 0 Å². The summed E-state index contributed by atoms with van der Waals surface area (Å²) in [7, 11) is 0. The predicted molar refractivity (Wildman–Crippen MR) is 100 cm³/mol. The van der Waals surface area contributed by atoms with Gasteiger partial charge >= 0.3 is 6.01 Å². The number of rotatable bonds is 6. The van der Waals surface area contributed by atoms with Gasteiger partial charge in [-0.15, -0.1) is 10.2 Å². The molecule has 2 aromatic heterocycles. The van der Waals surface area contributed by atoms with E-state index in [1.165, 1.54) is 24.3 Å². The van der Waals surface area contributed by atoms with Crippen LogP contribution in [0.15, 0.2) is 79.1 Å². The van der Waals surface area contributed by atoms with Crippen molar-refractivity contribution < 1.29 is 13.9 Å². The molecular formula is C21H15FN4O2. The minimum absolute atomic E-state index is 0.158. The molecule has 0 aliphatic rings. The van der Waals surface area contributed by atoms with E-state index >= 15 is 0 Å². The van der Waals surface area contributed by atoms with Crippen LogP contribution in [0.2, 0.25) is 0 Å². The zero-order chi connectivity index (χ0) is 19.2. The number of hydrogen-bond donors (Lipinski definition) is 0. The lowest BCUT2D eigenvalue weighted by Gasteiger charge is -2.06. The molecule has 0 atom stereocenters. The third-order valence-electron chi connectivity index (χ3n) is 3.82. The summed E-state index contributed by atoms with van der Waals surface area (Å²) in [4.78, 5) is 8.29. The zero-order valence-electron chi connectivity index (χ0n) is 14.7. The van der Waals surface area contributed by atoms with Crippen molar-refractivity contribution >= 4 is 0 Å². The topological polar surface area (TPSA) is 70.0 Å². The van der Waals surface area contributed by atoms with Crippen LogP contribution < -0.4 is 9.47 Å². The molecule has 0 saturated heterocycles. The minimum Gasteiger partial charge on any atom is -0.472 e. The molecule has 2 heterocycles. The lowest BCUT2D eigenvalue weighted by Crippen LogP contribution is -1.99. The van der Waals surface area contributed by atoms with Gasteiger partial charge in [-0.25, -0.2) is 14.4 Å². The Labute approximate surface area is 160 Å². The van der Waals surface area contributed by atoms with E-state index in [1.54, 1.807) is 24.5 Å². The summed E-state index contributed by atoms with van der Waals surface area (Å²) in [6, 6.07) is 19.1. The molecule has 0 aliphatic heterocycles. The van der Waals surface area contributed by atoms with Gasteiger partial charge in [0.05, 0.1) is 5.69 Å². The van der Waals surface area contributed by atoms with Crippen molar-refractivity contribution in [3.63, 3.8) is 0 Å². The van der Waals surface area contributed by atoms with Crippen LogP contribution >= 0.6 is 0 Å². The molecule has 0 saturated carbocycles. The first-order valence-corrected chi connectivity index (χ1v) is 8.52. The molecule has 0 spiro atoms. The van der Waals surface area contributed by atoms with Gasteiger partial charge in [-0.2, -0.15) is 0 Å². The zero-order valence-corrected chi connectivity index (χ0v) is 14.7. The Morgan fingerprint density at radius 1 is 0.786 bits per heavy atom. The first-order valence-electron chi connectivity index (χ1n) is 8.52. The maximum Gasteiger partial charge on any atom is 0.321 e. The molecular weight excluding hydrogens is 359 g/mol. The molecule has 28 heavy (non-hydrogen) atoms. The van der Waals surface area contributed by atoms with E-state index in [-0.39, 0.29) is 11.8 Å². The highest BCUT2D eigenvalue weighted by atomic mass is 19.1. The molecule has 138 valence electrons. The van der Waals surface area contributed by atoms with Crippen LogP contribution in [-0.4, -0.2) is 20.2 Å². The van der Waals surface area contributed by atoms with Gasteiger partial charge in [-0.3, -0.25) is 0 Å². The van der Waals surface area contributed by atoms with Crippen LogP contribution in [0, 0.1) is 5.82 Å². The van der Waals surface area contributed by atoms with E-state index in [2.05, 4.69) is 20.2 Å². The molecule has 7 heteroatoms. The molecule has 2 aromatic carbocycles. The monoisotopic (exact) mass is 374 g/mol. The summed E-state index contributed by atoms with van der Waals surface area (Å²) in [5.74, 6) is 0.553. The SMILES string of the molecule is Fc1ccc(Oc2ncc(-c3ccc(OCc4ccccc4)nn3)cn2)cc1. The maximum absolute atomic E-state index is 12.9. The smallest absolute Gasteiger partial charge is 0.321 e. The normalized spacial score (nSPS) is 10.5. The van der Waals surface area contributed by atoms with Gasteiger partial charge in [0, 0.05) is 24.0 Å². The van der Waals surface area contributed by atoms with Gasteiger partial charge < -0.3 is 9.47 Å². The van der Waals surface area contributed by atoms with Crippen molar-refractivity contribution in [1.82, 2.24) is 20.2 Å². The van der Waals surface area contributed by atoms with Crippen LogP contribution in [0.5, 0.6) is 17.6 Å². The van der Waals surface area contributed by atoms with Crippen LogP contribution in [0.3, 0.4) is 0 Å². The van der Waals surface area contributed by atoms with Gasteiger partial charge in [0.25, 0.3) is 0 Å². The highest BCUT2D eigenvalue weighted by molar-refractivity contribution is 5.56. The second-order valence-electron chi connectivity index (χ2n) is 5.84. The third kappa shape index (κ3) is 4.45. The van der Waals surface area contributed by atoms with Gasteiger partial charge in [0.1, 0.15) is 18.2 Å². The van der Waals surface area contributed by atoms with E-state index in [1.807, 2.05) is 30.3 Å². The number of hydrogen-bond acceptors (Lipinski definition) is 6. The Kier molecular flexibility index (Phi) is 5.15. The molecule has 0 aliphatic carbocycles. The fourth-order valence-corrected chi connectivity index (χ4v) is 2.39. The molecule has 4 aromatic rings. The highest BCUT2D eigenvalue weighted by Gasteiger charge is 2.06. The van der Waals surface area contributed by atoms with Crippen LogP contribution in [-0.2, 0) is 6.61 Å². The molecule has 0 radical (unpaired) electrons. The van der Waals surface area contributed by atoms with Crippen molar-refractivity contribution in [3.8, 4) is 28.9 Å². The first kappa shape index (κ1) is 17.5. The molecule has 6 nitrogen and oxygen atoms in total. The second-order valence-corrected chi connectivity index (χ2v) is 5.84. The van der Waals surface area contributed by atoms with Gasteiger partial charge in [0.15, 0.2) is 0 Å². The Balaban J connectivity index is 1.39. The van der Waals surface area contributed by atoms with Gasteiger partial charge in [-0.1, -0.05) is 30.3 Å². The largest absolute Gasteiger partial charge is 0.472 e. The number of nitrogens with zero attached hydrogens (tertiary/aromatic N) is 4. The Bertz CT molecular complexity index is 1020. The highest BCUT2D eigenvalue weighted by Crippen LogP contribution is 2.21. The van der Waals surface area contributed by atoms with Gasteiger partial charge in [-0.05, 0) is 35.9 Å². The van der Waals surface area contributed by atoms with Crippen LogP contribution in [0.25, 0.3) is 11.3 Å². The van der Waals surface area contributed by atoms with Gasteiger partial charge in [0.2, 0.25) is 5.88 Å². The molecule has 0 N–H and O–H groups in total. The van der Waals surface area contributed by atoms with Crippen LogP contribution in [0.1, 0.15) is 5.56 Å². The maximum atomic E-state index is 12.9. The van der Waals surface area contributed by atoms with Crippen molar-refractivity contribution in [3.05, 3.63) is 90.5 Å². The Hall–Kier alpha value is -3.87. The average molecular weight is 374 g/mol. The van der Waals surface area contributed by atoms with Crippen molar-refractivity contribution in [2.45, 2.75) is 6.61 Å². The summed E-state index contributed by atoms with van der Waals surface area (Å²) < 4.78 is 24.0. The van der Waals surface area contributed by atoms with E-state index in [0.29, 0.717) is 29.5 Å². The van der Waals surface area contributed by atoms with Crippen molar-refractivity contribution in [2.75, 3.05) is 0 Å². The summed E-state index contributed by atoms with van der Waals surface area (Å²) in [5, 5.41) is 8.22. The van der Waals surface area contributed by atoms with E-state index < -0.39 is 0 Å². The molecule has 0 amide bonds. The summed E-state index contributed by atoms with van der Waals surface area (Å²) in [6.45, 7) is 0.424. The standard InChI is InChI=1S/C21H15FN4O2/c22-17-6-8-18(9-7-17)28-21-23-12-16(13-24-21)19-10-11-20(26-25-19)27-14-15-4-2-1-3-5-15/h1-13H,14H2. The van der Waals surface area contributed by atoms with E-state index in [9.17, 15) is 4.39 Å². The van der Waals surface area contributed by atoms with Crippen LogP contribution in [0.4, 0.5) is 4.39 Å². The lowest BCUT2D eigenvalue weighted by atomic mass is 10.2. The Morgan fingerprint density at radius 2 is 1.54 bits per heavy atom. The molecule has 0 fully saturated rings. The average Bonchev–Trinajstić information content (AvgIpc) is 2.76. The second kappa shape index (κ2) is 8.22. The summed E-state index contributed by atoms with van der Waals surface area (Å²) >= 11 is 0. The fourth-order valence-electron chi connectivity index (χ4n) is 2.39. The quantitative estimate of drug-likeness (QED) is 0.497. The number of halogens is 1. The van der Waals surface area contributed by atoms with E-state index in [4.69, 9.17) is 9.47 Å². The van der Waals surface area contributed by atoms with E-state index in [0.717, 1.165) is 5.56 Å². The van der Waals surface area contributed by atoms with Crippen molar-refractivity contribution in [1.29, 1.82) is 0 Å². The number of ether oxygens (including phenoxy) is 2. The summed E-state index contributed by atoms with van der Waals surface area (Å²) in [5.41, 5.74) is 2.35. The third-order valence-corrected chi connectivity index (χ3v) is 3.82. The first-order chi connectivity index (χ1) is 13.8. The molecule has 0 unspecified atom stereocenters. The lowest BCUT2D eigenvalue weighted by molar-refractivity contribution is 0.290. The minimum atomic E-state index is -0.335. The summed E-state index contributed by atoms with van der Waals surface area (Å²) in [6.07, 6.45) is 3.17. The predicted octanol–water partition coefficient (Wildman–Crippen LogP) is 4.44. The number of benzene rings is 2. The Morgan fingerprint density at radius 3 is 2.21 bits per heavy atom. The number of aromatic nitrogens is 4. The molecule has 4 rings (SSSR count).